The Hall–Kier alpha value is -2.99. The Morgan fingerprint density at radius 3 is 2.53 bits per heavy atom. The predicted molar refractivity (Wildman–Crippen MR) is 119 cm³/mol. The molecule has 0 saturated carbocycles. The maximum Gasteiger partial charge on any atom is 0.220 e. The molecule has 1 aliphatic heterocycles. The highest BCUT2D eigenvalue weighted by molar-refractivity contribution is 7.10. The van der Waals surface area contributed by atoms with Crippen molar-refractivity contribution in [3.63, 3.8) is 0 Å². The molecule has 0 unspecified atom stereocenters. The number of thiazole rings is 1. The Bertz CT molecular complexity index is 1000. The van der Waals surface area contributed by atoms with E-state index >= 15 is 0 Å². The number of nitrogens with one attached hydrogen (secondary N) is 2. The van der Waals surface area contributed by atoms with Gasteiger partial charge in [-0.25, -0.2) is 4.98 Å². The van der Waals surface area contributed by atoms with E-state index in [0.717, 1.165) is 29.0 Å². The van der Waals surface area contributed by atoms with Gasteiger partial charge in [0.1, 0.15) is 0 Å². The van der Waals surface area contributed by atoms with Crippen molar-refractivity contribution in [2.24, 2.45) is 0 Å². The summed E-state index contributed by atoms with van der Waals surface area (Å²) in [4.78, 5) is 30.0. The molecule has 3 aromatic rings. The van der Waals surface area contributed by atoms with Gasteiger partial charge in [0.15, 0.2) is 0 Å². The molecule has 0 aliphatic carbocycles. The van der Waals surface area contributed by atoms with Crippen LogP contribution in [0.3, 0.4) is 0 Å². The minimum absolute atomic E-state index is 0.00371. The van der Waals surface area contributed by atoms with Gasteiger partial charge in [0, 0.05) is 23.9 Å². The molecule has 2 heterocycles. The van der Waals surface area contributed by atoms with Gasteiger partial charge in [-0.1, -0.05) is 60.7 Å². The Kier molecular flexibility index (Phi) is 6.23. The summed E-state index contributed by atoms with van der Waals surface area (Å²) in [5.41, 5.74) is 4.63. The van der Waals surface area contributed by atoms with Crippen molar-refractivity contribution in [2.75, 3.05) is 0 Å². The van der Waals surface area contributed by atoms with Gasteiger partial charge >= 0.3 is 0 Å². The topological polar surface area (TPSA) is 71.1 Å². The zero-order chi connectivity index (χ0) is 20.8. The van der Waals surface area contributed by atoms with Crippen LogP contribution in [0.15, 0.2) is 66.2 Å². The number of rotatable bonds is 8. The second-order valence-electron chi connectivity index (χ2n) is 7.76. The third kappa shape index (κ3) is 4.94. The zero-order valence-corrected chi connectivity index (χ0v) is 17.6. The molecule has 154 valence electrons. The van der Waals surface area contributed by atoms with E-state index in [-0.39, 0.29) is 17.4 Å². The number of carbonyl (C=O) groups excluding carboxylic acids is 2. The highest BCUT2D eigenvalue weighted by atomic mass is 32.1. The van der Waals surface area contributed by atoms with Crippen LogP contribution in [0.4, 0.5) is 0 Å². The van der Waals surface area contributed by atoms with E-state index < -0.39 is 0 Å². The molecular formula is C24H25N3O2S. The Balaban J connectivity index is 1.35. The predicted octanol–water partition coefficient (Wildman–Crippen LogP) is 4.10. The Morgan fingerprint density at radius 1 is 1.10 bits per heavy atom. The van der Waals surface area contributed by atoms with Gasteiger partial charge in [0.25, 0.3) is 0 Å². The van der Waals surface area contributed by atoms with Crippen LogP contribution in [0.2, 0.25) is 0 Å². The highest BCUT2D eigenvalue weighted by Crippen LogP contribution is 2.30. The quantitative estimate of drug-likeness (QED) is 0.578. The molecule has 0 spiro atoms. The van der Waals surface area contributed by atoms with Crippen molar-refractivity contribution in [2.45, 2.75) is 44.2 Å². The summed E-state index contributed by atoms with van der Waals surface area (Å²) in [6.07, 6.45) is 3.05. The van der Waals surface area contributed by atoms with Crippen LogP contribution in [0.25, 0.3) is 11.3 Å². The second kappa shape index (κ2) is 9.22. The Labute approximate surface area is 180 Å². The molecule has 1 atom stereocenters. The van der Waals surface area contributed by atoms with Crippen LogP contribution in [0.1, 0.15) is 36.1 Å². The molecule has 1 fully saturated rings. The summed E-state index contributed by atoms with van der Waals surface area (Å²) in [6.45, 7) is 0.464. The standard InChI is InChI=1S/C24H25N3O2S/c28-21(25-16-20-23(26-17-30-20)19-9-5-2-6-10-19)11-13-24(14-12-22(29)27-24)15-18-7-3-1-4-8-18/h1-10,17H,11-16H2,(H,25,28)(H,27,29)/t24-/m1/s1. The molecule has 30 heavy (non-hydrogen) atoms. The minimum Gasteiger partial charge on any atom is -0.351 e. The zero-order valence-electron chi connectivity index (χ0n) is 16.8. The Morgan fingerprint density at radius 2 is 1.83 bits per heavy atom. The van der Waals surface area contributed by atoms with Gasteiger partial charge in [-0.3, -0.25) is 9.59 Å². The molecule has 2 aromatic carbocycles. The molecule has 5 nitrogen and oxygen atoms in total. The van der Waals surface area contributed by atoms with E-state index in [2.05, 4.69) is 27.8 Å². The van der Waals surface area contributed by atoms with Gasteiger partial charge < -0.3 is 10.6 Å². The number of nitrogens with zero attached hydrogens (tertiary/aromatic N) is 1. The molecule has 0 radical (unpaired) electrons. The third-order valence-corrected chi connectivity index (χ3v) is 6.42. The monoisotopic (exact) mass is 419 g/mol. The van der Waals surface area contributed by atoms with Crippen molar-refractivity contribution < 1.29 is 9.59 Å². The summed E-state index contributed by atoms with van der Waals surface area (Å²) in [5, 5.41) is 6.17. The van der Waals surface area contributed by atoms with Crippen LogP contribution in [0, 0.1) is 0 Å². The average Bonchev–Trinajstić information content (AvgIpc) is 3.39. The summed E-state index contributed by atoms with van der Waals surface area (Å²) in [5.74, 6) is 0.0690. The lowest BCUT2D eigenvalue weighted by molar-refractivity contribution is -0.122. The van der Waals surface area contributed by atoms with Crippen LogP contribution in [0.5, 0.6) is 0 Å². The first-order chi connectivity index (χ1) is 14.6. The van der Waals surface area contributed by atoms with E-state index in [1.807, 2.05) is 54.0 Å². The van der Waals surface area contributed by atoms with E-state index in [1.165, 1.54) is 5.56 Å². The highest BCUT2D eigenvalue weighted by Gasteiger charge is 2.37. The summed E-state index contributed by atoms with van der Waals surface area (Å²) < 4.78 is 0. The fourth-order valence-electron chi connectivity index (χ4n) is 4.02. The molecule has 1 aliphatic rings. The first-order valence-corrected chi connectivity index (χ1v) is 11.1. The molecule has 6 heteroatoms. The minimum atomic E-state index is -0.338. The van der Waals surface area contributed by atoms with Crippen LogP contribution in [-0.2, 0) is 22.6 Å². The number of aromatic nitrogens is 1. The number of hydrogen-bond donors (Lipinski definition) is 2. The van der Waals surface area contributed by atoms with Crippen molar-refractivity contribution in [3.8, 4) is 11.3 Å². The lowest BCUT2D eigenvalue weighted by Crippen LogP contribution is -2.44. The van der Waals surface area contributed by atoms with Crippen LogP contribution in [-0.4, -0.2) is 22.3 Å². The van der Waals surface area contributed by atoms with Gasteiger partial charge in [0.05, 0.1) is 22.6 Å². The maximum atomic E-state index is 12.6. The van der Waals surface area contributed by atoms with Crippen molar-refractivity contribution in [1.82, 2.24) is 15.6 Å². The van der Waals surface area contributed by atoms with Crippen molar-refractivity contribution in [3.05, 3.63) is 76.6 Å². The lowest BCUT2D eigenvalue weighted by Gasteiger charge is -2.29. The third-order valence-electron chi connectivity index (χ3n) is 5.59. The maximum absolute atomic E-state index is 12.6. The van der Waals surface area contributed by atoms with Crippen molar-refractivity contribution >= 4 is 23.2 Å². The largest absolute Gasteiger partial charge is 0.351 e. The number of hydrogen-bond acceptors (Lipinski definition) is 4. The first kappa shape index (κ1) is 20.3. The smallest absolute Gasteiger partial charge is 0.220 e. The average molecular weight is 420 g/mol. The second-order valence-corrected chi connectivity index (χ2v) is 8.70. The fourth-order valence-corrected chi connectivity index (χ4v) is 4.74. The lowest BCUT2D eigenvalue weighted by atomic mass is 9.85. The number of amides is 2. The molecule has 2 amide bonds. The molecule has 0 bridgehead atoms. The van der Waals surface area contributed by atoms with E-state index in [1.54, 1.807) is 11.3 Å². The normalized spacial score (nSPS) is 18.2. The van der Waals surface area contributed by atoms with E-state index in [0.29, 0.717) is 25.8 Å². The van der Waals surface area contributed by atoms with Crippen molar-refractivity contribution in [1.29, 1.82) is 0 Å². The van der Waals surface area contributed by atoms with E-state index in [9.17, 15) is 9.59 Å². The van der Waals surface area contributed by atoms with Gasteiger partial charge in [-0.05, 0) is 24.8 Å². The fraction of sp³-hybridized carbons (Fsp3) is 0.292. The molecule has 1 saturated heterocycles. The van der Waals surface area contributed by atoms with Gasteiger partial charge in [-0.15, -0.1) is 11.3 Å². The molecule has 2 N–H and O–H groups in total. The summed E-state index contributed by atoms with van der Waals surface area (Å²) >= 11 is 1.55. The van der Waals surface area contributed by atoms with Gasteiger partial charge in [-0.2, -0.15) is 0 Å². The molecular weight excluding hydrogens is 394 g/mol. The van der Waals surface area contributed by atoms with Crippen LogP contribution < -0.4 is 10.6 Å². The van der Waals surface area contributed by atoms with Crippen LogP contribution >= 0.6 is 11.3 Å². The van der Waals surface area contributed by atoms with Gasteiger partial charge in [0.2, 0.25) is 11.8 Å². The first-order valence-electron chi connectivity index (χ1n) is 10.2. The number of benzene rings is 2. The van der Waals surface area contributed by atoms with E-state index in [4.69, 9.17) is 0 Å². The molecule has 1 aromatic heterocycles. The summed E-state index contributed by atoms with van der Waals surface area (Å²) in [7, 11) is 0. The SMILES string of the molecule is O=C(CC[C@]1(Cc2ccccc2)CCC(=O)N1)NCc1scnc1-c1ccccc1. The summed E-state index contributed by atoms with van der Waals surface area (Å²) in [6, 6.07) is 20.1. The molecule has 4 rings (SSSR count). The number of carbonyl (C=O) groups is 2.